The zero-order valence-corrected chi connectivity index (χ0v) is 22.6. The van der Waals surface area contributed by atoms with Gasteiger partial charge in [0.05, 0.1) is 17.0 Å². The second kappa shape index (κ2) is 10.9. The lowest BCUT2D eigenvalue weighted by Gasteiger charge is -2.42. The zero-order chi connectivity index (χ0) is 25.9. The lowest BCUT2D eigenvalue weighted by Crippen LogP contribution is -2.48. The van der Waals surface area contributed by atoms with Gasteiger partial charge in [0.25, 0.3) is 11.8 Å². The van der Waals surface area contributed by atoms with Gasteiger partial charge in [-0.1, -0.05) is 77.9 Å². The second-order valence-electron chi connectivity index (χ2n) is 10.3. The van der Waals surface area contributed by atoms with Gasteiger partial charge in [-0.2, -0.15) is 0 Å². The van der Waals surface area contributed by atoms with E-state index in [2.05, 4.69) is 41.5 Å². The lowest BCUT2D eigenvalue weighted by molar-refractivity contribution is -0.138. The van der Waals surface area contributed by atoms with Crippen molar-refractivity contribution in [2.45, 2.75) is 70.5 Å². The molecule has 0 aliphatic carbocycles. The first kappa shape index (κ1) is 26.8. The summed E-state index contributed by atoms with van der Waals surface area (Å²) in [4.78, 5) is 38.5. The average molecular weight is 496 g/mol. The first-order valence-corrected chi connectivity index (χ1v) is 14.6. The lowest BCUT2D eigenvalue weighted by atomic mass is 9.97. The largest absolute Gasteiger partial charge is 0.481 e. The molecule has 2 aromatic rings. The van der Waals surface area contributed by atoms with Crippen LogP contribution in [-0.4, -0.2) is 49.3 Å². The average Bonchev–Trinajstić information content (AvgIpc) is 3.04. The molecule has 0 aromatic heterocycles. The van der Waals surface area contributed by atoms with Crippen LogP contribution in [0.1, 0.15) is 79.3 Å². The summed E-state index contributed by atoms with van der Waals surface area (Å²) >= 11 is 0. The summed E-state index contributed by atoms with van der Waals surface area (Å²) < 4.78 is 6.64. The van der Waals surface area contributed by atoms with Gasteiger partial charge in [-0.25, -0.2) is 0 Å². The van der Waals surface area contributed by atoms with Crippen LogP contribution in [0.15, 0.2) is 48.5 Å². The quantitative estimate of drug-likeness (QED) is 0.311. The number of benzene rings is 2. The number of rotatable bonds is 11. The van der Waals surface area contributed by atoms with Crippen LogP contribution in [-0.2, 0) is 15.6 Å². The molecule has 0 fully saturated rings. The van der Waals surface area contributed by atoms with Crippen molar-refractivity contribution >= 4 is 26.1 Å². The number of carbonyl (C=O) groups excluding carboxylic acids is 2. The molecule has 7 heteroatoms. The molecule has 3 rings (SSSR count). The van der Waals surface area contributed by atoms with Crippen LogP contribution in [0.25, 0.3) is 0 Å². The highest BCUT2D eigenvalue weighted by molar-refractivity contribution is 6.77. The number of imide groups is 1. The molecule has 1 heterocycles. The van der Waals surface area contributed by atoms with E-state index in [0.29, 0.717) is 39.9 Å². The van der Waals surface area contributed by atoms with Gasteiger partial charge in [0.1, 0.15) is 0 Å². The molecule has 6 nitrogen and oxygen atoms in total. The molecule has 1 aliphatic heterocycles. The summed E-state index contributed by atoms with van der Waals surface area (Å²) in [6.45, 7) is 14.0. The molecular formula is C28H37NO5Si. The van der Waals surface area contributed by atoms with E-state index in [4.69, 9.17) is 4.43 Å². The number of fused-ring (bicyclic) bond motifs is 1. The monoisotopic (exact) mass is 495 g/mol. The smallest absolute Gasteiger partial charge is 0.312 e. The maximum absolute atomic E-state index is 12.7. The standard InChI is InChI=1S/C28H37NO5Si/c1-18(2)35(19(3)4,20(5)6)34-16-15-21-11-13-22(14-12-21)25(28(32)33)17-29-26(30)23-9-7-8-10-24(23)27(29)31/h7-14,18-20,25H,15-17H2,1-6H3,(H,32,33)/t25-/m0/s1. The number of hydrogen-bond acceptors (Lipinski definition) is 4. The summed E-state index contributed by atoms with van der Waals surface area (Å²) in [5.41, 5.74) is 3.82. The van der Waals surface area contributed by atoms with Crippen molar-refractivity contribution < 1.29 is 23.9 Å². The maximum atomic E-state index is 12.7. The third-order valence-corrected chi connectivity index (χ3v) is 13.5. The fraction of sp³-hybridized carbons (Fsp3) is 0.464. The van der Waals surface area contributed by atoms with Gasteiger partial charge in [0.15, 0.2) is 8.32 Å². The Bertz CT molecular complexity index is 1020. The van der Waals surface area contributed by atoms with Crippen LogP contribution in [0.4, 0.5) is 0 Å². The molecule has 1 atom stereocenters. The zero-order valence-electron chi connectivity index (χ0n) is 21.6. The molecule has 2 amide bonds. The predicted octanol–water partition coefficient (Wildman–Crippen LogP) is 5.89. The Morgan fingerprint density at radius 2 is 1.34 bits per heavy atom. The van der Waals surface area contributed by atoms with Crippen LogP contribution in [0, 0.1) is 0 Å². The van der Waals surface area contributed by atoms with Gasteiger partial charge in [-0.05, 0) is 46.3 Å². The molecule has 1 N–H and O–H groups in total. The molecule has 1 aliphatic rings. The summed E-state index contributed by atoms with van der Waals surface area (Å²) in [6, 6.07) is 14.0. The second-order valence-corrected chi connectivity index (χ2v) is 15.8. The van der Waals surface area contributed by atoms with E-state index in [-0.39, 0.29) is 6.54 Å². The molecule has 2 aromatic carbocycles. The van der Waals surface area contributed by atoms with Crippen molar-refractivity contribution in [2.75, 3.05) is 13.2 Å². The SMILES string of the molecule is CC(C)[Si](OCCc1ccc([C@H](CN2C(=O)c3ccccc3C2=O)C(=O)O)cc1)(C(C)C)C(C)C. The minimum atomic E-state index is -1.93. The first-order valence-electron chi connectivity index (χ1n) is 12.4. The van der Waals surface area contributed by atoms with Crippen molar-refractivity contribution in [2.24, 2.45) is 0 Å². The van der Waals surface area contributed by atoms with Crippen molar-refractivity contribution in [3.05, 3.63) is 70.8 Å². The van der Waals surface area contributed by atoms with Gasteiger partial charge in [0, 0.05) is 13.2 Å². The molecule has 0 radical (unpaired) electrons. The Labute approximate surface area is 209 Å². The van der Waals surface area contributed by atoms with Crippen LogP contribution in [0.5, 0.6) is 0 Å². The number of carboxylic acids is 1. The van der Waals surface area contributed by atoms with Crippen LogP contribution in [0.2, 0.25) is 16.6 Å². The van der Waals surface area contributed by atoms with Gasteiger partial charge in [-0.3, -0.25) is 19.3 Å². The normalized spacial score (nSPS) is 14.8. The van der Waals surface area contributed by atoms with Crippen molar-refractivity contribution in [1.29, 1.82) is 0 Å². The van der Waals surface area contributed by atoms with Gasteiger partial charge in [0.2, 0.25) is 0 Å². The molecule has 0 spiro atoms. The van der Waals surface area contributed by atoms with Crippen LogP contribution < -0.4 is 0 Å². The molecule has 0 saturated heterocycles. The minimum absolute atomic E-state index is 0.199. The van der Waals surface area contributed by atoms with Gasteiger partial charge in [-0.15, -0.1) is 0 Å². The fourth-order valence-corrected chi connectivity index (χ4v) is 11.1. The summed E-state index contributed by atoms with van der Waals surface area (Å²) in [5, 5.41) is 9.87. The number of nitrogens with zero attached hydrogens (tertiary/aromatic N) is 1. The number of aliphatic carboxylic acids is 1. The first-order chi connectivity index (χ1) is 16.5. The Morgan fingerprint density at radius 3 is 1.77 bits per heavy atom. The Morgan fingerprint density at radius 1 is 0.857 bits per heavy atom. The minimum Gasteiger partial charge on any atom is -0.481 e. The molecule has 0 unspecified atom stereocenters. The van der Waals surface area contributed by atoms with E-state index >= 15 is 0 Å². The summed E-state index contributed by atoms with van der Waals surface area (Å²) in [6.07, 6.45) is 0.747. The van der Waals surface area contributed by atoms with Crippen molar-refractivity contribution in [3.63, 3.8) is 0 Å². The number of carboxylic acid groups (broad SMARTS) is 1. The summed E-state index contributed by atoms with van der Waals surface area (Å²) in [7, 11) is -1.93. The number of amides is 2. The van der Waals surface area contributed by atoms with E-state index < -0.39 is 32.0 Å². The topological polar surface area (TPSA) is 83.9 Å². The molecular weight excluding hydrogens is 458 g/mol. The molecule has 188 valence electrons. The van der Waals surface area contributed by atoms with E-state index in [1.165, 1.54) is 0 Å². The van der Waals surface area contributed by atoms with E-state index in [0.717, 1.165) is 16.9 Å². The Kier molecular flexibility index (Phi) is 8.33. The highest BCUT2D eigenvalue weighted by Crippen LogP contribution is 2.42. The summed E-state index contributed by atoms with van der Waals surface area (Å²) in [5.74, 6) is -2.96. The van der Waals surface area contributed by atoms with Gasteiger partial charge < -0.3 is 9.53 Å². The highest BCUT2D eigenvalue weighted by atomic mass is 28.4. The number of hydrogen-bond donors (Lipinski definition) is 1. The van der Waals surface area contributed by atoms with Gasteiger partial charge >= 0.3 is 5.97 Å². The van der Waals surface area contributed by atoms with Crippen molar-refractivity contribution in [1.82, 2.24) is 4.90 Å². The molecule has 0 saturated carbocycles. The van der Waals surface area contributed by atoms with Crippen LogP contribution in [0.3, 0.4) is 0 Å². The maximum Gasteiger partial charge on any atom is 0.312 e. The van der Waals surface area contributed by atoms with E-state index in [9.17, 15) is 19.5 Å². The third-order valence-electron chi connectivity index (χ3n) is 7.37. The molecule has 0 bridgehead atoms. The third kappa shape index (κ3) is 5.26. The Hall–Kier alpha value is -2.77. The van der Waals surface area contributed by atoms with E-state index in [1.54, 1.807) is 36.4 Å². The Balaban J connectivity index is 1.69. The molecule has 35 heavy (non-hydrogen) atoms. The number of carbonyl (C=O) groups is 3. The fourth-order valence-electron chi connectivity index (χ4n) is 5.68. The van der Waals surface area contributed by atoms with Crippen molar-refractivity contribution in [3.8, 4) is 0 Å². The van der Waals surface area contributed by atoms with Crippen LogP contribution >= 0.6 is 0 Å². The highest BCUT2D eigenvalue weighted by Gasteiger charge is 2.44. The van der Waals surface area contributed by atoms with E-state index in [1.807, 2.05) is 12.1 Å². The predicted molar refractivity (Wildman–Crippen MR) is 139 cm³/mol.